The van der Waals surface area contributed by atoms with Crippen molar-refractivity contribution in [3.05, 3.63) is 92.8 Å². The van der Waals surface area contributed by atoms with Crippen LogP contribution in [0.25, 0.3) is 6.08 Å². The molecule has 3 aromatic rings. The Morgan fingerprint density at radius 1 is 1.03 bits per heavy atom. The number of nitrogens with one attached hydrogen (secondary N) is 1. The van der Waals surface area contributed by atoms with Crippen molar-refractivity contribution < 1.29 is 14.3 Å². The number of halogens is 2. The van der Waals surface area contributed by atoms with Gasteiger partial charge in [0.1, 0.15) is 12.4 Å². The molecule has 1 N–H and O–H groups in total. The minimum atomic E-state index is -0.237. The highest BCUT2D eigenvalue weighted by Crippen LogP contribution is 2.37. The number of hydrogen-bond acceptors (Lipinski definition) is 5. The summed E-state index contributed by atoms with van der Waals surface area (Å²) in [4.78, 5) is 17.3. The molecule has 1 amide bonds. The van der Waals surface area contributed by atoms with E-state index in [1.54, 1.807) is 25.3 Å². The third-order valence-electron chi connectivity index (χ3n) is 4.50. The average molecular weight is 485 g/mol. The number of ether oxygens (including phenoxy) is 2. The molecule has 162 valence electrons. The summed E-state index contributed by atoms with van der Waals surface area (Å²) in [6.45, 7) is 0.351. The van der Waals surface area contributed by atoms with Gasteiger partial charge in [-0.1, -0.05) is 53.5 Å². The Morgan fingerprint density at radius 3 is 2.38 bits per heavy atom. The molecule has 0 saturated carbocycles. The van der Waals surface area contributed by atoms with Crippen LogP contribution in [0.15, 0.2) is 76.6 Å². The second-order valence-electron chi connectivity index (χ2n) is 6.77. The van der Waals surface area contributed by atoms with Gasteiger partial charge in [0.2, 0.25) is 0 Å². The number of nitrogens with zero attached hydrogens (tertiary/aromatic N) is 1. The first kappa shape index (κ1) is 22.3. The van der Waals surface area contributed by atoms with E-state index in [-0.39, 0.29) is 5.91 Å². The Bertz CT molecular complexity index is 1170. The zero-order valence-corrected chi connectivity index (χ0v) is 19.3. The molecule has 32 heavy (non-hydrogen) atoms. The van der Waals surface area contributed by atoms with Crippen LogP contribution < -0.4 is 14.8 Å². The van der Waals surface area contributed by atoms with Gasteiger partial charge >= 0.3 is 0 Å². The van der Waals surface area contributed by atoms with Crippen LogP contribution in [0.3, 0.4) is 0 Å². The van der Waals surface area contributed by atoms with Crippen molar-refractivity contribution in [2.24, 2.45) is 4.99 Å². The van der Waals surface area contributed by atoms with Crippen molar-refractivity contribution >= 4 is 57.8 Å². The van der Waals surface area contributed by atoms with Crippen LogP contribution in [0.4, 0.5) is 5.69 Å². The minimum Gasteiger partial charge on any atom is -0.497 e. The summed E-state index contributed by atoms with van der Waals surface area (Å²) in [6, 6.07) is 20.4. The number of carbonyl (C=O) groups is 1. The lowest BCUT2D eigenvalue weighted by Gasteiger charge is -2.11. The van der Waals surface area contributed by atoms with Gasteiger partial charge in [-0.05, 0) is 65.4 Å². The van der Waals surface area contributed by atoms with E-state index in [0.717, 1.165) is 11.3 Å². The quantitative estimate of drug-likeness (QED) is 0.407. The number of thioether (sulfide) groups is 1. The third-order valence-corrected chi connectivity index (χ3v) is 5.97. The van der Waals surface area contributed by atoms with E-state index in [1.807, 2.05) is 54.6 Å². The molecule has 0 bridgehead atoms. The fourth-order valence-electron chi connectivity index (χ4n) is 2.94. The highest BCUT2D eigenvalue weighted by molar-refractivity contribution is 8.18. The summed E-state index contributed by atoms with van der Waals surface area (Å²) in [5.74, 6) is 0.908. The van der Waals surface area contributed by atoms with E-state index >= 15 is 0 Å². The van der Waals surface area contributed by atoms with Crippen molar-refractivity contribution in [3.63, 3.8) is 0 Å². The fraction of sp³-hybridized carbons (Fsp3) is 0.0833. The van der Waals surface area contributed by atoms with E-state index in [9.17, 15) is 4.79 Å². The van der Waals surface area contributed by atoms with Crippen LogP contribution in [0, 0.1) is 0 Å². The van der Waals surface area contributed by atoms with Crippen LogP contribution in [0.2, 0.25) is 10.0 Å². The smallest absolute Gasteiger partial charge is 0.264 e. The monoisotopic (exact) mass is 484 g/mol. The number of benzene rings is 3. The summed E-state index contributed by atoms with van der Waals surface area (Å²) >= 11 is 14.1. The molecule has 0 aromatic heterocycles. The summed E-state index contributed by atoms with van der Waals surface area (Å²) in [6.07, 6.45) is 1.72. The second-order valence-corrected chi connectivity index (χ2v) is 8.61. The second kappa shape index (κ2) is 10.1. The van der Waals surface area contributed by atoms with Crippen LogP contribution in [-0.4, -0.2) is 18.2 Å². The van der Waals surface area contributed by atoms with E-state index in [2.05, 4.69) is 10.3 Å². The zero-order valence-electron chi connectivity index (χ0n) is 17.0. The molecular weight excluding hydrogens is 467 g/mol. The van der Waals surface area contributed by atoms with Gasteiger partial charge in [0.15, 0.2) is 10.9 Å². The molecule has 1 saturated heterocycles. The lowest BCUT2D eigenvalue weighted by molar-refractivity contribution is -0.115. The largest absolute Gasteiger partial charge is 0.497 e. The molecule has 3 aromatic carbocycles. The normalized spacial score (nSPS) is 15.8. The number of amides is 1. The molecule has 0 radical (unpaired) electrons. The molecule has 0 aliphatic carbocycles. The standard InChI is InChI=1S/C24H18Cl2N2O3S/c1-30-18-9-7-17(8-10-18)27-24-28-23(29)21(32-24)13-16-11-19(25)22(20(26)12-16)31-14-15-5-3-2-4-6-15/h2-13H,14H2,1H3,(H,27,28,29)/b21-13-. The summed E-state index contributed by atoms with van der Waals surface area (Å²) < 4.78 is 10.9. The zero-order chi connectivity index (χ0) is 22.5. The number of hydrogen-bond donors (Lipinski definition) is 1. The Hall–Kier alpha value is -2.93. The molecule has 0 atom stereocenters. The first-order chi connectivity index (χ1) is 15.5. The van der Waals surface area contributed by atoms with Crippen LogP contribution >= 0.6 is 35.0 Å². The number of aliphatic imine (C=N–C) groups is 1. The van der Waals surface area contributed by atoms with Gasteiger partial charge in [0, 0.05) is 0 Å². The van der Waals surface area contributed by atoms with Gasteiger partial charge < -0.3 is 14.8 Å². The molecule has 4 rings (SSSR count). The van der Waals surface area contributed by atoms with Gasteiger partial charge in [0.25, 0.3) is 5.91 Å². The predicted molar refractivity (Wildman–Crippen MR) is 131 cm³/mol. The minimum absolute atomic E-state index is 0.237. The molecule has 1 fully saturated rings. The van der Waals surface area contributed by atoms with Crippen molar-refractivity contribution in [3.8, 4) is 11.5 Å². The molecule has 1 aliphatic heterocycles. The summed E-state index contributed by atoms with van der Waals surface area (Å²) in [7, 11) is 1.60. The van der Waals surface area contributed by atoms with Crippen molar-refractivity contribution in [1.82, 2.24) is 5.32 Å². The fourth-order valence-corrected chi connectivity index (χ4v) is 4.39. The number of carbonyl (C=O) groups excluding carboxylic acids is 1. The van der Waals surface area contributed by atoms with Crippen LogP contribution in [0.1, 0.15) is 11.1 Å². The van der Waals surface area contributed by atoms with E-state index in [0.29, 0.717) is 43.7 Å². The molecule has 8 heteroatoms. The molecule has 0 unspecified atom stereocenters. The molecule has 5 nitrogen and oxygen atoms in total. The van der Waals surface area contributed by atoms with Crippen LogP contribution in [-0.2, 0) is 11.4 Å². The number of amidine groups is 1. The van der Waals surface area contributed by atoms with Gasteiger partial charge in [0.05, 0.1) is 27.7 Å². The van der Waals surface area contributed by atoms with E-state index < -0.39 is 0 Å². The topological polar surface area (TPSA) is 59.9 Å². The Morgan fingerprint density at radius 2 is 1.72 bits per heavy atom. The first-order valence-electron chi connectivity index (χ1n) is 9.61. The number of methoxy groups -OCH3 is 1. The average Bonchev–Trinajstić information content (AvgIpc) is 3.12. The predicted octanol–water partition coefficient (Wildman–Crippen LogP) is 6.47. The van der Waals surface area contributed by atoms with Crippen molar-refractivity contribution in [1.29, 1.82) is 0 Å². The Kier molecular flexibility index (Phi) is 7.05. The maximum Gasteiger partial charge on any atom is 0.264 e. The van der Waals surface area contributed by atoms with Gasteiger partial charge in [-0.15, -0.1) is 0 Å². The third kappa shape index (κ3) is 5.46. The van der Waals surface area contributed by atoms with E-state index in [1.165, 1.54) is 11.8 Å². The maximum absolute atomic E-state index is 12.4. The van der Waals surface area contributed by atoms with Gasteiger partial charge in [-0.3, -0.25) is 4.79 Å². The van der Waals surface area contributed by atoms with Crippen molar-refractivity contribution in [2.45, 2.75) is 6.61 Å². The van der Waals surface area contributed by atoms with Gasteiger partial charge in [-0.25, -0.2) is 4.99 Å². The van der Waals surface area contributed by atoms with E-state index in [4.69, 9.17) is 32.7 Å². The molecule has 1 aliphatic rings. The highest BCUT2D eigenvalue weighted by Gasteiger charge is 2.24. The first-order valence-corrected chi connectivity index (χ1v) is 11.2. The lowest BCUT2D eigenvalue weighted by Crippen LogP contribution is -2.19. The lowest BCUT2D eigenvalue weighted by atomic mass is 10.2. The maximum atomic E-state index is 12.4. The Labute approximate surface area is 200 Å². The molecule has 1 heterocycles. The number of rotatable bonds is 6. The SMILES string of the molecule is COc1ccc(N=C2NC(=O)/C(=C/c3cc(Cl)c(OCc4ccccc4)c(Cl)c3)S2)cc1. The Balaban J connectivity index is 1.49. The highest BCUT2D eigenvalue weighted by atomic mass is 35.5. The molecular formula is C24H18Cl2N2O3S. The summed E-state index contributed by atoms with van der Waals surface area (Å²) in [5, 5.41) is 4.00. The summed E-state index contributed by atoms with van der Waals surface area (Å²) in [5.41, 5.74) is 2.41. The molecule has 0 spiro atoms. The van der Waals surface area contributed by atoms with Crippen molar-refractivity contribution in [2.75, 3.05) is 7.11 Å². The van der Waals surface area contributed by atoms with Crippen LogP contribution in [0.5, 0.6) is 11.5 Å². The van der Waals surface area contributed by atoms with Gasteiger partial charge in [-0.2, -0.15) is 0 Å².